The van der Waals surface area contributed by atoms with Crippen LogP contribution < -0.4 is 16.4 Å². The Morgan fingerprint density at radius 1 is 1.33 bits per heavy atom. The summed E-state index contributed by atoms with van der Waals surface area (Å²) < 4.78 is 0. The van der Waals surface area contributed by atoms with Crippen molar-refractivity contribution >= 4 is 28.2 Å². The van der Waals surface area contributed by atoms with Gasteiger partial charge < -0.3 is 16.4 Å². The van der Waals surface area contributed by atoms with Gasteiger partial charge >= 0.3 is 0 Å². The SMILES string of the molecule is CC(C)C(CNC(=O)c1sc(NC2CC2)nc1N)C(C)C. The zero-order valence-electron chi connectivity index (χ0n) is 13.3. The summed E-state index contributed by atoms with van der Waals surface area (Å²) in [5.41, 5.74) is 5.86. The molecule has 0 bridgehead atoms. The van der Waals surface area contributed by atoms with E-state index in [2.05, 4.69) is 43.3 Å². The monoisotopic (exact) mass is 310 g/mol. The van der Waals surface area contributed by atoms with Gasteiger partial charge in [-0.05, 0) is 30.6 Å². The van der Waals surface area contributed by atoms with Gasteiger partial charge in [0.25, 0.3) is 5.91 Å². The molecule has 1 heterocycles. The van der Waals surface area contributed by atoms with Gasteiger partial charge in [-0.2, -0.15) is 0 Å². The Morgan fingerprint density at radius 2 is 1.95 bits per heavy atom. The first-order chi connectivity index (χ1) is 9.88. The summed E-state index contributed by atoms with van der Waals surface area (Å²) in [6.07, 6.45) is 2.34. The molecular formula is C15H26N4OS. The van der Waals surface area contributed by atoms with Crippen LogP contribution in [0.1, 0.15) is 50.2 Å². The number of anilines is 2. The molecule has 1 saturated carbocycles. The van der Waals surface area contributed by atoms with Gasteiger partial charge in [0.15, 0.2) is 5.13 Å². The largest absolute Gasteiger partial charge is 0.382 e. The van der Waals surface area contributed by atoms with E-state index in [0.717, 1.165) is 5.13 Å². The molecule has 1 aromatic rings. The van der Waals surface area contributed by atoms with Gasteiger partial charge in [-0.25, -0.2) is 4.98 Å². The highest BCUT2D eigenvalue weighted by molar-refractivity contribution is 7.18. The summed E-state index contributed by atoms with van der Waals surface area (Å²) in [7, 11) is 0. The molecule has 0 unspecified atom stereocenters. The van der Waals surface area contributed by atoms with Crippen molar-refractivity contribution in [2.24, 2.45) is 17.8 Å². The average Bonchev–Trinajstić information content (AvgIpc) is 3.10. The average molecular weight is 310 g/mol. The third kappa shape index (κ3) is 4.33. The van der Waals surface area contributed by atoms with Crippen LogP contribution in [0.2, 0.25) is 0 Å². The van der Waals surface area contributed by atoms with Crippen LogP contribution in [-0.4, -0.2) is 23.5 Å². The van der Waals surface area contributed by atoms with Gasteiger partial charge in [-0.1, -0.05) is 39.0 Å². The predicted molar refractivity (Wildman–Crippen MR) is 88.7 cm³/mol. The highest BCUT2D eigenvalue weighted by atomic mass is 32.1. The van der Waals surface area contributed by atoms with Crippen molar-refractivity contribution in [1.82, 2.24) is 10.3 Å². The fourth-order valence-electron chi connectivity index (χ4n) is 2.49. The fraction of sp³-hybridized carbons (Fsp3) is 0.733. The second-order valence-electron chi connectivity index (χ2n) is 6.51. The van der Waals surface area contributed by atoms with E-state index in [0.29, 0.717) is 41.0 Å². The summed E-state index contributed by atoms with van der Waals surface area (Å²) in [5, 5.41) is 7.04. The molecule has 0 radical (unpaired) electrons. The first-order valence-electron chi connectivity index (χ1n) is 7.69. The molecule has 0 saturated heterocycles. The minimum absolute atomic E-state index is 0.111. The second-order valence-corrected chi connectivity index (χ2v) is 7.51. The molecule has 1 aliphatic carbocycles. The number of hydrogen-bond acceptors (Lipinski definition) is 5. The van der Waals surface area contributed by atoms with E-state index in [1.807, 2.05) is 0 Å². The summed E-state index contributed by atoms with van der Waals surface area (Å²) >= 11 is 1.35. The maximum Gasteiger partial charge on any atom is 0.265 e. The standard InChI is InChI=1S/C15H26N4OS/c1-8(2)11(9(3)4)7-17-14(20)12-13(16)19-15(21-12)18-10-5-6-10/h8-11H,5-7,16H2,1-4H3,(H,17,20)(H,18,19). The molecule has 1 amide bonds. The van der Waals surface area contributed by atoms with Crippen LogP contribution >= 0.6 is 11.3 Å². The molecule has 1 aliphatic rings. The van der Waals surface area contributed by atoms with Crippen LogP contribution in [0, 0.1) is 17.8 Å². The molecule has 0 atom stereocenters. The third-order valence-electron chi connectivity index (χ3n) is 3.98. The van der Waals surface area contributed by atoms with Crippen molar-refractivity contribution in [3.05, 3.63) is 4.88 Å². The Morgan fingerprint density at radius 3 is 2.48 bits per heavy atom. The number of nitrogens with two attached hydrogens (primary N) is 1. The summed E-state index contributed by atoms with van der Waals surface area (Å²) in [5.74, 6) is 1.76. The molecule has 2 rings (SSSR count). The highest BCUT2D eigenvalue weighted by Gasteiger charge is 2.25. The first kappa shape index (κ1) is 16.1. The van der Waals surface area contributed by atoms with Crippen molar-refractivity contribution in [2.75, 3.05) is 17.6 Å². The molecule has 1 aromatic heterocycles. The van der Waals surface area contributed by atoms with Crippen molar-refractivity contribution in [3.8, 4) is 0 Å². The van der Waals surface area contributed by atoms with E-state index < -0.39 is 0 Å². The number of rotatable bonds is 7. The molecule has 5 nitrogen and oxygen atoms in total. The predicted octanol–water partition coefficient (Wildman–Crippen LogP) is 2.96. The summed E-state index contributed by atoms with van der Waals surface area (Å²) in [4.78, 5) is 17.0. The van der Waals surface area contributed by atoms with Gasteiger partial charge in [0.05, 0.1) is 0 Å². The molecule has 4 N–H and O–H groups in total. The van der Waals surface area contributed by atoms with Crippen molar-refractivity contribution in [3.63, 3.8) is 0 Å². The molecule has 6 heteroatoms. The lowest BCUT2D eigenvalue weighted by atomic mass is 9.85. The summed E-state index contributed by atoms with van der Waals surface area (Å²) in [6.45, 7) is 9.44. The second kappa shape index (κ2) is 6.64. The molecule has 1 fully saturated rings. The zero-order valence-corrected chi connectivity index (χ0v) is 14.1. The minimum Gasteiger partial charge on any atom is -0.382 e. The Kier molecular flexibility index (Phi) is 5.08. The number of nitrogens with one attached hydrogen (secondary N) is 2. The maximum absolute atomic E-state index is 12.3. The fourth-order valence-corrected chi connectivity index (χ4v) is 3.37. The Balaban J connectivity index is 1.94. The van der Waals surface area contributed by atoms with E-state index in [1.54, 1.807) is 0 Å². The van der Waals surface area contributed by atoms with Crippen LogP contribution in [0.4, 0.5) is 10.9 Å². The van der Waals surface area contributed by atoms with Crippen LogP contribution in [0.5, 0.6) is 0 Å². The molecule has 0 aliphatic heterocycles. The molecule has 21 heavy (non-hydrogen) atoms. The Hall–Kier alpha value is -1.30. The normalized spacial score (nSPS) is 15.0. The number of carbonyl (C=O) groups excluding carboxylic acids is 1. The van der Waals surface area contributed by atoms with Gasteiger partial charge in [0.2, 0.25) is 0 Å². The highest BCUT2D eigenvalue weighted by Crippen LogP contribution is 2.30. The number of aromatic nitrogens is 1. The van der Waals surface area contributed by atoms with E-state index >= 15 is 0 Å². The number of carbonyl (C=O) groups is 1. The van der Waals surface area contributed by atoms with E-state index in [9.17, 15) is 4.79 Å². The van der Waals surface area contributed by atoms with Gasteiger partial charge in [0.1, 0.15) is 10.7 Å². The van der Waals surface area contributed by atoms with E-state index in [-0.39, 0.29) is 5.91 Å². The first-order valence-corrected chi connectivity index (χ1v) is 8.51. The van der Waals surface area contributed by atoms with Crippen LogP contribution in [0.15, 0.2) is 0 Å². The quantitative estimate of drug-likeness (QED) is 0.723. The molecule has 118 valence electrons. The Bertz CT molecular complexity index is 486. The lowest BCUT2D eigenvalue weighted by Gasteiger charge is -2.24. The smallest absolute Gasteiger partial charge is 0.265 e. The van der Waals surface area contributed by atoms with Crippen molar-refractivity contribution < 1.29 is 4.79 Å². The van der Waals surface area contributed by atoms with Gasteiger partial charge in [-0.3, -0.25) is 4.79 Å². The molecular weight excluding hydrogens is 284 g/mol. The Labute approximate surface area is 130 Å². The van der Waals surface area contributed by atoms with E-state index in [4.69, 9.17) is 5.73 Å². The van der Waals surface area contributed by atoms with Crippen LogP contribution in [-0.2, 0) is 0 Å². The van der Waals surface area contributed by atoms with Crippen molar-refractivity contribution in [1.29, 1.82) is 0 Å². The van der Waals surface area contributed by atoms with Crippen LogP contribution in [0.3, 0.4) is 0 Å². The number of hydrogen-bond donors (Lipinski definition) is 3. The lowest BCUT2D eigenvalue weighted by Crippen LogP contribution is -2.33. The van der Waals surface area contributed by atoms with E-state index in [1.165, 1.54) is 24.2 Å². The maximum atomic E-state index is 12.3. The zero-order chi connectivity index (χ0) is 15.6. The lowest BCUT2D eigenvalue weighted by molar-refractivity contribution is 0.0942. The number of nitrogens with zero attached hydrogens (tertiary/aromatic N) is 1. The molecule has 0 spiro atoms. The number of nitrogen functional groups attached to an aromatic ring is 1. The number of thiazole rings is 1. The number of amides is 1. The van der Waals surface area contributed by atoms with Crippen molar-refractivity contribution in [2.45, 2.75) is 46.6 Å². The minimum atomic E-state index is -0.111. The molecule has 0 aromatic carbocycles. The van der Waals surface area contributed by atoms with Crippen LogP contribution in [0.25, 0.3) is 0 Å². The van der Waals surface area contributed by atoms with Gasteiger partial charge in [-0.15, -0.1) is 0 Å². The third-order valence-corrected chi connectivity index (χ3v) is 4.98. The summed E-state index contributed by atoms with van der Waals surface area (Å²) in [6, 6.07) is 0.512. The topological polar surface area (TPSA) is 80.0 Å². The van der Waals surface area contributed by atoms with Gasteiger partial charge in [0, 0.05) is 12.6 Å².